The van der Waals surface area contributed by atoms with E-state index in [1.807, 2.05) is 0 Å². The highest BCUT2D eigenvalue weighted by Gasteiger charge is 2.36. The van der Waals surface area contributed by atoms with Crippen molar-refractivity contribution in [1.29, 1.82) is 0 Å². The number of aliphatic hydroxyl groups excluding tert-OH is 1. The smallest absolute Gasteiger partial charge is 0.330 e. The Bertz CT molecular complexity index is 750. The van der Waals surface area contributed by atoms with E-state index in [1.54, 1.807) is 20.8 Å². The van der Waals surface area contributed by atoms with Gasteiger partial charge in [-0.3, -0.25) is 18.9 Å². The second-order valence-corrected chi connectivity index (χ2v) is 8.41. The molecule has 0 bridgehead atoms. The minimum Gasteiger partial charge on any atom is -0.390 e. The normalized spacial score (nSPS) is 23.5. The van der Waals surface area contributed by atoms with E-state index < -0.39 is 37.3 Å². The van der Waals surface area contributed by atoms with Gasteiger partial charge in [-0.05, 0) is 33.6 Å². The Morgan fingerprint density at radius 2 is 2.00 bits per heavy atom. The number of aliphatic hydroxyl groups is 1. The van der Waals surface area contributed by atoms with Crippen molar-refractivity contribution in [1.82, 2.24) is 9.55 Å². The van der Waals surface area contributed by atoms with Crippen LogP contribution in [-0.2, 0) is 18.3 Å². The highest BCUT2D eigenvalue weighted by Crippen LogP contribution is 2.49. The second kappa shape index (κ2) is 9.10. The van der Waals surface area contributed by atoms with E-state index in [1.165, 1.54) is 10.8 Å². The van der Waals surface area contributed by atoms with Crippen LogP contribution in [0.2, 0.25) is 0 Å². The molecule has 0 aromatic carbocycles. The van der Waals surface area contributed by atoms with Gasteiger partial charge in [0, 0.05) is 18.2 Å². The van der Waals surface area contributed by atoms with E-state index in [9.17, 15) is 19.3 Å². The molecule has 1 saturated heterocycles. The van der Waals surface area contributed by atoms with Crippen molar-refractivity contribution < 1.29 is 23.5 Å². The molecule has 0 saturated carbocycles. The maximum Gasteiger partial charge on any atom is 0.330 e. The fraction of sp³-hybridized carbons (Fsp3) is 0.750. The van der Waals surface area contributed by atoms with Gasteiger partial charge in [0.2, 0.25) is 0 Å². The fourth-order valence-corrected chi connectivity index (χ4v) is 4.68. The molecule has 9 nitrogen and oxygen atoms in total. The summed E-state index contributed by atoms with van der Waals surface area (Å²) in [6, 6.07) is 0. The van der Waals surface area contributed by atoms with Crippen LogP contribution >= 0.6 is 7.60 Å². The Morgan fingerprint density at radius 1 is 1.35 bits per heavy atom. The van der Waals surface area contributed by atoms with Crippen LogP contribution in [0.15, 0.2) is 15.8 Å². The van der Waals surface area contributed by atoms with Crippen molar-refractivity contribution >= 4 is 7.60 Å². The van der Waals surface area contributed by atoms with Crippen LogP contribution < -0.4 is 11.2 Å². The first-order valence-corrected chi connectivity index (χ1v) is 10.6. The third kappa shape index (κ3) is 5.14. The van der Waals surface area contributed by atoms with E-state index in [4.69, 9.17) is 13.8 Å². The van der Waals surface area contributed by atoms with Gasteiger partial charge in [-0.2, -0.15) is 0 Å². The molecule has 10 heteroatoms. The number of hydrogen-bond donors (Lipinski definition) is 2. The third-order valence-electron chi connectivity index (χ3n) is 4.23. The molecule has 0 radical (unpaired) electrons. The van der Waals surface area contributed by atoms with Crippen molar-refractivity contribution in [3.8, 4) is 0 Å². The number of aryl methyl sites for hydroxylation is 1. The number of ether oxygens (including phenoxy) is 1. The molecular weight excluding hydrogens is 363 g/mol. The quantitative estimate of drug-likeness (QED) is 0.614. The van der Waals surface area contributed by atoms with Crippen molar-refractivity contribution in [2.24, 2.45) is 0 Å². The lowest BCUT2D eigenvalue weighted by Crippen LogP contribution is -2.33. The number of H-pyrrole nitrogens is 1. The largest absolute Gasteiger partial charge is 0.390 e. The summed E-state index contributed by atoms with van der Waals surface area (Å²) in [6.07, 6.45) is 0.967. The molecule has 1 aromatic heterocycles. The summed E-state index contributed by atoms with van der Waals surface area (Å²) in [5, 5.41) is 10.2. The molecular formula is C16H27N2O7P. The van der Waals surface area contributed by atoms with Gasteiger partial charge >= 0.3 is 13.3 Å². The van der Waals surface area contributed by atoms with Crippen molar-refractivity contribution in [2.75, 3.05) is 19.4 Å². The van der Waals surface area contributed by atoms with Crippen molar-refractivity contribution in [3.63, 3.8) is 0 Å². The lowest BCUT2D eigenvalue weighted by molar-refractivity contribution is -0.0245. The van der Waals surface area contributed by atoms with Gasteiger partial charge in [0.1, 0.15) is 6.23 Å². The topological polar surface area (TPSA) is 120 Å². The molecule has 148 valence electrons. The zero-order valence-corrected chi connectivity index (χ0v) is 16.2. The van der Waals surface area contributed by atoms with Gasteiger partial charge in [-0.1, -0.05) is 0 Å². The summed E-state index contributed by atoms with van der Waals surface area (Å²) in [4.78, 5) is 25.7. The highest BCUT2D eigenvalue weighted by atomic mass is 31.2. The summed E-state index contributed by atoms with van der Waals surface area (Å²) in [6.45, 7) is 5.71. The number of aromatic nitrogens is 2. The molecule has 0 unspecified atom stereocenters. The molecule has 1 aromatic rings. The third-order valence-corrected chi connectivity index (χ3v) is 6.40. The SMILES string of the molecule is CCOP(=O)(CCC[C@H]1O[C@@H](n2cc(C)c(=O)[nH]c2=O)C[C@@H]1O)OCC. The minimum atomic E-state index is -3.12. The van der Waals surface area contributed by atoms with Crippen LogP contribution in [0.5, 0.6) is 0 Å². The van der Waals surface area contributed by atoms with E-state index in [0.29, 0.717) is 31.6 Å². The predicted octanol–water partition coefficient (Wildman–Crippen LogP) is 1.54. The molecule has 0 aliphatic carbocycles. The zero-order valence-electron chi connectivity index (χ0n) is 15.3. The Balaban J connectivity index is 1.97. The maximum atomic E-state index is 12.4. The first-order valence-electron chi connectivity index (χ1n) is 8.83. The summed E-state index contributed by atoms with van der Waals surface area (Å²) >= 11 is 0. The molecule has 0 amide bonds. The lowest BCUT2D eigenvalue weighted by Gasteiger charge is -2.19. The van der Waals surface area contributed by atoms with Gasteiger partial charge in [-0.25, -0.2) is 4.79 Å². The predicted molar refractivity (Wildman–Crippen MR) is 95.6 cm³/mol. The average Bonchev–Trinajstić information content (AvgIpc) is 2.92. The Hall–Kier alpha value is -1.25. The Morgan fingerprint density at radius 3 is 2.62 bits per heavy atom. The summed E-state index contributed by atoms with van der Waals surface area (Å²) in [5.41, 5.74) is -0.625. The molecule has 2 rings (SSSR count). The van der Waals surface area contributed by atoms with E-state index >= 15 is 0 Å². The molecule has 1 aliphatic rings. The molecule has 0 spiro atoms. The van der Waals surface area contributed by atoms with Crippen molar-refractivity contribution in [3.05, 3.63) is 32.6 Å². The molecule has 2 N–H and O–H groups in total. The van der Waals surface area contributed by atoms with Crippen LogP contribution in [0.1, 0.15) is 44.9 Å². The van der Waals surface area contributed by atoms with Gasteiger partial charge in [-0.15, -0.1) is 0 Å². The monoisotopic (exact) mass is 390 g/mol. The van der Waals surface area contributed by atoms with Gasteiger partial charge in [0.25, 0.3) is 5.56 Å². The maximum absolute atomic E-state index is 12.4. The average molecular weight is 390 g/mol. The van der Waals surface area contributed by atoms with E-state index in [-0.39, 0.29) is 12.6 Å². The number of aromatic amines is 1. The highest BCUT2D eigenvalue weighted by molar-refractivity contribution is 7.53. The van der Waals surface area contributed by atoms with Gasteiger partial charge in [0.15, 0.2) is 0 Å². The van der Waals surface area contributed by atoms with Gasteiger partial charge < -0.3 is 18.9 Å². The summed E-state index contributed by atoms with van der Waals surface area (Å²) < 4.78 is 30.0. The Kier molecular flexibility index (Phi) is 7.37. The van der Waals surface area contributed by atoms with Gasteiger partial charge in [0.05, 0.1) is 31.6 Å². The zero-order chi connectivity index (χ0) is 19.3. The Labute approximate surface area is 151 Å². The number of nitrogens with zero attached hydrogens (tertiary/aromatic N) is 1. The van der Waals surface area contributed by atoms with Crippen LogP contribution in [0.4, 0.5) is 0 Å². The summed E-state index contributed by atoms with van der Waals surface area (Å²) in [5.74, 6) is 0. The molecule has 3 atom stereocenters. The summed E-state index contributed by atoms with van der Waals surface area (Å²) in [7, 11) is -3.12. The first kappa shape index (κ1) is 21.1. The first-order chi connectivity index (χ1) is 12.3. The van der Waals surface area contributed by atoms with Crippen molar-refractivity contribution in [2.45, 2.75) is 58.5 Å². The van der Waals surface area contributed by atoms with Crippen LogP contribution in [0.25, 0.3) is 0 Å². The van der Waals surface area contributed by atoms with Crippen LogP contribution in [0.3, 0.4) is 0 Å². The second-order valence-electron chi connectivity index (χ2n) is 6.22. The molecule has 26 heavy (non-hydrogen) atoms. The lowest BCUT2D eigenvalue weighted by atomic mass is 10.1. The standard InChI is InChI=1S/C16H27N2O7P/c1-4-23-26(22,24-5-2)8-6-7-13-12(19)9-14(25-13)18-10-11(3)15(20)17-16(18)21/h10,12-14,19H,4-9H2,1-3H3,(H,17,20,21)/t12-,13+,14+/m0/s1. The van der Waals surface area contributed by atoms with E-state index in [0.717, 1.165) is 0 Å². The molecule has 1 aliphatic heterocycles. The van der Waals surface area contributed by atoms with E-state index in [2.05, 4.69) is 4.98 Å². The molecule has 1 fully saturated rings. The fourth-order valence-electron chi connectivity index (χ4n) is 2.99. The number of rotatable bonds is 9. The molecule has 2 heterocycles. The van der Waals surface area contributed by atoms with Crippen LogP contribution in [0, 0.1) is 6.92 Å². The number of hydrogen-bond acceptors (Lipinski definition) is 7. The number of nitrogens with one attached hydrogen (secondary N) is 1. The minimum absolute atomic E-state index is 0.240. The van der Waals surface area contributed by atoms with Crippen LogP contribution in [-0.4, -0.2) is 46.2 Å².